The number of hydrogen-bond donors (Lipinski definition) is 2. The fourth-order valence-corrected chi connectivity index (χ4v) is 1.69. The van der Waals surface area contributed by atoms with E-state index in [1.54, 1.807) is 6.20 Å². The van der Waals surface area contributed by atoms with Crippen LogP contribution in [0.1, 0.15) is 12.0 Å². The minimum absolute atomic E-state index is 0.222. The molecule has 4 heteroatoms. The highest BCUT2D eigenvalue weighted by molar-refractivity contribution is 5.63. The molecule has 0 unspecified atom stereocenters. The molecule has 0 spiro atoms. The zero-order valence-corrected chi connectivity index (χ0v) is 8.69. The van der Waals surface area contributed by atoms with Gasteiger partial charge in [-0.05, 0) is 12.0 Å². The smallest absolute Gasteiger partial charge is 0.312 e. The van der Waals surface area contributed by atoms with Gasteiger partial charge in [-0.15, -0.1) is 0 Å². The molecule has 2 aromatic rings. The van der Waals surface area contributed by atoms with E-state index in [0.29, 0.717) is 12.8 Å². The van der Waals surface area contributed by atoms with E-state index in [0.717, 1.165) is 23.1 Å². The van der Waals surface area contributed by atoms with Gasteiger partial charge in [0.1, 0.15) is 6.29 Å². The van der Waals surface area contributed by atoms with Crippen molar-refractivity contribution in [3.63, 3.8) is 0 Å². The van der Waals surface area contributed by atoms with Gasteiger partial charge < -0.3 is 14.8 Å². The summed E-state index contributed by atoms with van der Waals surface area (Å²) in [5.74, 6) is 0. The lowest BCUT2D eigenvalue weighted by atomic mass is 10.0. The summed E-state index contributed by atoms with van der Waals surface area (Å²) in [6, 6.07) is 7.73. The number of aldehydes is 1. The molecule has 16 heavy (non-hydrogen) atoms. The molecule has 4 nitrogen and oxygen atoms in total. The number of imidazole rings is 1. The maximum Gasteiger partial charge on any atom is 0.323 e. The number of H-pyrrole nitrogens is 2. The van der Waals surface area contributed by atoms with Crippen LogP contribution in [-0.2, 0) is 11.2 Å². The zero-order chi connectivity index (χ0) is 11.4. The van der Waals surface area contributed by atoms with Crippen molar-refractivity contribution in [2.75, 3.05) is 0 Å². The topological polar surface area (TPSA) is 65.7 Å². The number of carbonyl (C=O) groups excluding carboxylic acids is 1. The Morgan fingerprint density at radius 3 is 2.75 bits per heavy atom. The second-order valence-corrected chi connectivity index (χ2v) is 3.52. The van der Waals surface area contributed by atoms with E-state index < -0.39 is 0 Å². The van der Waals surface area contributed by atoms with Crippen LogP contribution in [0.2, 0.25) is 0 Å². The van der Waals surface area contributed by atoms with Crippen molar-refractivity contribution in [3.05, 3.63) is 46.5 Å². The van der Waals surface area contributed by atoms with Crippen molar-refractivity contribution < 1.29 is 4.79 Å². The number of hydrogen-bond acceptors (Lipinski definition) is 2. The first-order chi connectivity index (χ1) is 7.81. The quantitative estimate of drug-likeness (QED) is 0.760. The Kier molecular flexibility index (Phi) is 3.00. The maximum absolute atomic E-state index is 11.0. The van der Waals surface area contributed by atoms with Crippen LogP contribution < -0.4 is 5.69 Å². The molecule has 0 atom stereocenters. The molecule has 0 amide bonds. The van der Waals surface area contributed by atoms with E-state index in [9.17, 15) is 9.59 Å². The summed E-state index contributed by atoms with van der Waals surface area (Å²) in [6.07, 6.45) is 3.72. The first kappa shape index (κ1) is 10.4. The van der Waals surface area contributed by atoms with Crippen LogP contribution in [0.15, 0.2) is 35.3 Å². The molecule has 0 aliphatic heterocycles. The van der Waals surface area contributed by atoms with Gasteiger partial charge in [0.25, 0.3) is 0 Å². The monoisotopic (exact) mass is 216 g/mol. The van der Waals surface area contributed by atoms with E-state index in [-0.39, 0.29) is 5.69 Å². The summed E-state index contributed by atoms with van der Waals surface area (Å²) in [5.41, 5.74) is 2.55. The average Bonchev–Trinajstić information content (AvgIpc) is 2.73. The third kappa shape index (κ3) is 2.11. The molecule has 0 aliphatic rings. The number of aromatic nitrogens is 2. The normalized spacial score (nSPS) is 10.2. The molecule has 0 saturated heterocycles. The first-order valence-electron chi connectivity index (χ1n) is 5.11. The lowest BCUT2D eigenvalue weighted by Crippen LogP contribution is -2.00. The van der Waals surface area contributed by atoms with Crippen LogP contribution in [0.3, 0.4) is 0 Å². The highest BCUT2D eigenvalue weighted by Crippen LogP contribution is 2.21. The molecule has 0 fully saturated rings. The van der Waals surface area contributed by atoms with Crippen molar-refractivity contribution in [3.8, 4) is 11.3 Å². The van der Waals surface area contributed by atoms with Crippen LogP contribution in [0.25, 0.3) is 11.3 Å². The number of benzene rings is 1. The van der Waals surface area contributed by atoms with Crippen molar-refractivity contribution in [2.45, 2.75) is 12.8 Å². The predicted octanol–water partition coefficient (Wildman–Crippen LogP) is 1.50. The lowest BCUT2D eigenvalue weighted by molar-refractivity contribution is -0.107. The molecule has 1 aromatic heterocycles. The zero-order valence-electron chi connectivity index (χ0n) is 8.69. The summed E-state index contributed by atoms with van der Waals surface area (Å²) in [5, 5.41) is 0. The molecule has 0 aliphatic carbocycles. The number of nitrogens with one attached hydrogen (secondary N) is 2. The van der Waals surface area contributed by atoms with Gasteiger partial charge >= 0.3 is 5.69 Å². The van der Waals surface area contributed by atoms with Crippen molar-refractivity contribution in [1.82, 2.24) is 9.97 Å². The van der Waals surface area contributed by atoms with Crippen LogP contribution >= 0.6 is 0 Å². The number of aryl methyl sites for hydroxylation is 1. The Labute approximate surface area is 92.3 Å². The highest BCUT2D eigenvalue weighted by atomic mass is 16.1. The van der Waals surface area contributed by atoms with Crippen molar-refractivity contribution >= 4 is 6.29 Å². The van der Waals surface area contributed by atoms with Crippen LogP contribution in [0.5, 0.6) is 0 Å². The predicted molar refractivity (Wildman–Crippen MR) is 61.2 cm³/mol. The Morgan fingerprint density at radius 2 is 2.06 bits per heavy atom. The van der Waals surface area contributed by atoms with Gasteiger partial charge in [0.2, 0.25) is 0 Å². The van der Waals surface area contributed by atoms with Gasteiger partial charge in [-0.25, -0.2) is 4.79 Å². The molecule has 82 valence electrons. The molecule has 2 N–H and O–H groups in total. The summed E-state index contributed by atoms with van der Waals surface area (Å²) in [6.45, 7) is 0. The van der Waals surface area contributed by atoms with E-state index in [4.69, 9.17) is 0 Å². The Morgan fingerprint density at radius 1 is 1.25 bits per heavy atom. The second-order valence-electron chi connectivity index (χ2n) is 3.52. The molecule has 0 radical (unpaired) electrons. The Balaban J connectivity index is 2.39. The SMILES string of the molecule is O=CCCc1ccccc1-c1c[nH]c(=O)[nH]1. The molecule has 1 aromatic carbocycles. The fraction of sp³-hybridized carbons (Fsp3) is 0.167. The third-order valence-corrected chi connectivity index (χ3v) is 2.43. The first-order valence-corrected chi connectivity index (χ1v) is 5.11. The van der Waals surface area contributed by atoms with Gasteiger partial charge in [0.15, 0.2) is 0 Å². The largest absolute Gasteiger partial charge is 0.323 e. The Bertz CT molecular complexity index is 540. The van der Waals surface area contributed by atoms with Gasteiger partial charge in [-0.2, -0.15) is 0 Å². The molecule has 0 bridgehead atoms. The van der Waals surface area contributed by atoms with Gasteiger partial charge in [-0.3, -0.25) is 0 Å². The highest BCUT2D eigenvalue weighted by Gasteiger charge is 2.05. The average molecular weight is 216 g/mol. The van der Waals surface area contributed by atoms with E-state index >= 15 is 0 Å². The fourth-order valence-electron chi connectivity index (χ4n) is 1.69. The summed E-state index contributed by atoms with van der Waals surface area (Å²) >= 11 is 0. The van der Waals surface area contributed by atoms with Gasteiger partial charge in [0, 0.05) is 18.2 Å². The van der Waals surface area contributed by atoms with Crippen molar-refractivity contribution in [1.29, 1.82) is 0 Å². The standard InChI is InChI=1S/C12H12N2O2/c15-7-3-5-9-4-1-2-6-10(9)11-8-13-12(16)14-11/h1-2,4,6-8H,3,5H2,(H2,13,14,16). The van der Waals surface area contributed by atoms with E-state index in [1.165, 1.54) is 0 Å². The van der Waals surface area contributed by atoms with Crippen LogP contribution in [0.4, 0.5) is 0 Å². The third-order valence-electron chi connectivity index (χ3n) is 2.43. The summed E-state index contributed by atoms with van der Waals surface area (Å²) < 4.78 is 0. The summed E-state index contributed by atoms with van der Waals surface area (Å²) in [4.78, 5) is 26.7. The van der Waals surface area contributed by atoms with Crippen LogP contribution in [0, 0.1) is 0 Å². The van der Waals surface area contributed by atoms with Crippen LogP contribution in [-0.4, -0.2) is 16.3 Å². The minimum Gasteiger partial charge on any atom is -0.312 e. The minimum atomic E-state index is -0.222. The lowest BCUT2D eigenvalue weighted by Gasteiger charge is -2.05. The summed E-state index contributed by atoms with van der Waals surface area (Å²) in [7, 11) is 0. The maximum atomic E-state index is 11.0. The van der Waals surface area contributed by atoms with Gasteiger partial charge in [0.05, 0.1) is 5.69 Å². The molecule has 1 heterocycles. The Hall–Kier alpha value is -2.10. The van der Waals surface area contributed by atoms with E-state index in [1.807, 2.05) is 24.3 Å². The molecule has 2 rings (SSSR count). The second kappa shape index (κ2) is 4.61. The number of aromatic amines is 2. The molecular formula is C12H12N2O2. The number of rotatable bonds is 4. The number of carbonyl (C=O) groups is 1. The van der Waals surface area contributed by atoms with E-state index in [2.05, 4.69) is 9.97 Å². The van der Waals surface area contributed by atoms with Gasteiger partial charge in [-0.1, -0.05) is 24.3 Å². The molecule has 0 saturated carbocycles. The van der Waals surface area contributed by atoms with Crippen molar-refractivity contribution in [2.24, 2.45) is 0 Å². The molecular weight excluding hydrogens is 204 g/mol.